The van der Waals surface area contributed by atoms with E-state index in [9.17, 15) is 5.11 Å². The smallest absolute Gasteiger partial charge is 0.147 e. The summed E-state index contributed by atoms with van der Waals surface area (Å²) in [5.74, 6) is 1.30. The largest absolute Gasteiger partial charge is 0.492 e. The van der Waals surface area contributed by atoms with Gasteiger partial charge in [0.2, 0.25) is 0 Å². The zero-order valence-electron chi connectivity index (χ0n) is 14.8. The second-order valence-electron chi connectivity index (χ2n) is 6.28. The van der Waals surface area contributed by atoms with Crippen molar-refractivity contribution in [2.24, 2.45) is 5.73 Å². The van der Waals surface area contributed by atoms with Gasteiger partial charge in [-0.1, -0.05) is 0 Å². The molecule has 1 aliphatic carbocycles. The van der Waals surface area contributed by atoms with Gasteiger partial charge in [-0.25, -0.2) is 0 Å². The van der Waals surface area contributed by atoms with E-state index in [1.807, 2.05) is 25.1 Å². The number of hydrogen-bond donors (Lipinski definition) is 4. The molecule has 0 saturated heterocycles. The van der Waals surface area contributed by atoms with Crippen LogP contribution in [0.2, 0.25) is 0 Å². The normalized spacial score (nSPS) is 19.2. The first-order valence-electron chi connectivity index (χ1n) is 8.81. The minimum atomic E-state index is -0.414. The van der Waals surface area contributed by atoms with E-state index in [0.717, 1.165) is 24.9 Å². The zero-order chi connectivity index (χ0) is 18.5. The summed E-state index contributed by atoms with van der Waals surface area (Å²) in [5.41, 5.74) is 7.68. The van der Waals surface area contributed by atoms with Crippen molar-refractivity contribution in [3.05, 3.63) is 48.0 Å². The number of nitrogens with one attached hydrogen (secondary N) is 2. The molecule has 2 atom stereocenters. The Morgan fingerprint density at radius 2 is 2.12 bits per heavy atom. The van der Waals surface area contributed by atoms with E-state index in [0.29, 0.717) is 29.4 Å². The molecule has 0 aliphatic heterocycles. The molecule has 2 unspecified atom stereocenters. The molecule has 137 valence electrons. The average molecular weight is 354 g/mol. The van der Waals surface area contributed by atoms with Crippen LogP contribution < -0.4 is 20.5 Å². The lowest BCUT2D eigenvalue weighted by Crippen LogP contribution is -2.25. The molecular weight excluding hydrogens is 330 g/mol. The number of aliphatic hydroxyl groups excluding tert-OH is 1. The highest BCUT2D eigenvalue weighted by atomic mass is 16.5. The quantitative estimate of drug-likeness (QED) is 0.452. The zero-order valence-corrected chi connectivity index (χ0v) is 14.8. The summed E-state index contributed by atoms with van der Waals surface area (Å²) in [5, 5.41) is 20.6. The molecule has 1 radical (unpaired) electrons. The molecule has 2 aromatic carbocycles. The number of nitrogen functional groups attached to an aromatic ring is 1. The molecular formula is C20H24N3O3. The van der Waals surface area contributed by atoms with E-state index >= 15 is 0 Å². The second kappa shape index (κ2) is 8.10. The van der Waals surface area contributed by atoms with Crippen LogP contribution in [0.5, 0.6) is 11.5 Å². The molecule has 26 heavy (non-hydrogen) atoms. The monoisotopic (exact) mass is 354 g/mol. The summed E-state index contributed by atoms with van der Waals surface area (Å²) in [7, 11) is 0. The molecule has 6 nitrogen and oxygen atoms in total. The Bertz CT molecular complexity index is 761. The molecule has 0 aromatic heterocycles. The van der Waals surface area contributed by atoms with Gasteiger partial charge >= 0.3 is 0 Å². The maximum Gasteiger partial charge on any atom is 0.147 e. The van der Waals surface area contributed by atoms with Gasteiger partial charge in [0.25, 0.3) is 0 Å². The number of benzene rings is 2. The molecule has 1 aliphatic rings. The lowest BCUT2D eigenvalue weighted by molar-refractivity contribution is 0.0602. The van der Waals surface area contributed by atoms with Gasteiger partial charge in [0.15, 0.2) is 0 Å². The molecule has 0 bridgehead atoms. The minimum Gasteiger partial charge on any atom is -0.492 e. The van der Waals surface area contributed by atoms with Crippen molar-refractivity contribution >= 4 is 17.2 Å². The van der Waals surface area contributed by atoms with Gasteiger partial charge in [-0.15, -0.1) is 0 Å². The highest BCUT2D eigenvalue weighted by Crippen LogP contribution is 2.33. The van der Waals surface area contributed by atoms with Crippen LogP contribution in [0.4, 0.5) is 11.4 Å². The molecule has 2 aromatic rings. The van der Waals surface area contributed by atoms with Crippen molar-refractivity contribution in [3.63, 3.8) is 0 Å². The fourth-order valence-electron chi connectivity index (χ4n) is 2.99. The summed E-state index contributed by atoms with van der Waals surface area (Å²) in [6, 6.07) is 14.0. The lowest BCUT2D eigenvalue weighted by Gasteiger charge is -2.19. The molecule has 0 spiro atoms. The summed E-state index contributed by atoms with van der Waals surface area (Å²) >= 11 is 0. The maximum atomic E-state index is 9.93. The fourth-order valence-corrected chi connectivity index (χ4v) is 2.99. The number of rotatable bonds is 7. The van der Waals surface area contributed by atoms with Crippen LogP contribution in [-0.4, -0.2) is 29.8 Å². The van der Waals surface area contributed by atoms with Gasteiger partial charge in [0, 0.05) is 23.4 Å². The minimum absolute atomic E-state index is 0.0359. The van der Waals surface area contributed by atoms with Gasteiger partial charge in [0.1, 0.15) is 23.4 Å². The summed E-state index contributed by atoms with van der Waals surface area (Å²) in [6.45, 7) is 2.43. The first-order valence-corrected chi connectivity index (χ1v) is 8.81. The first-order chi connectivity index (χ1) is 12.6. The van der Waals surface area contributed by atoms with Gasteiger partial charge in [0.05, 0.1) is 18.4 Å². The van der Waals surface area contributed by atoms with Crippen molar-refractivity contribution < 1.29 is 14.6 Å². The molecule has 3 rings (SSSR count). The SMILES string of the molecule is CCOc1cc(OC2CCCC2O)c[c]c1Nc1ccc(C(=N)N)cc1. The van der Waals surface area contributed by atoms with Crippen LogP contribution in [-0.2, 0) is 0 Å². The Morgan fingerprint density at radius 1 is 1.35 bits per heavy atom. The Balaban J connectivity index is 1.76. The van der Waals surface area contributed by atoms with E-state index in [4.69, 9.17) is 20.6 Å². The van der Waals surface area contributed by atoms with Crippen LogP contribution in [0, 0.1) is 11.5 Å². The number of anilines is 2. The van der Waals surface area contributed by atoms with Crippen LogP contribution in [0.15, 0.2) is 36.4 Å². The van der Waals surface area contributed by atoms with E-state index in [-0.39, 0.29) is 11.9 Å². The first kappa shape index (κ1) is 18.1. The van der Waals surface area contributed by atoms with Gasteiger partial charge in [-0.05, 0) is 56.5 Å². The summed E-state index contributed by atoms with van der Waals surface area (Å²) < 4.78 is 11.6. The van der Waals surface area contributed by atoms with Crippen molar-refractivity contribution in [1.82, 2.24) is 0 Å². The number of amidine groups is 1. The maximum absolute atomic E-state index is 9.93. The highest BCUT2D eigenvalue weighted by Gasteiger charge is 2.27. The van der Waals surface area contributed by atoms with Crippen molar-refractivity contribution in [2.45, 2.75) is 38.4 Å². The molecule has 0 amide bonds. The topological polar surface area (TPSA) is 101 Å². The van der Waals surface area contributed by atoms with Crippen molar-refractivity contribution in [1.29, 1.82) is 5.41 Å². The Morgan fingerprint density at radius 3 is 2.73 bits per heavy atom. The van der Waals surface area contributed by atoms with E-state index in [2.05, 4.69) is 11.4 Å². The third-order valence-corrected chi connectivity index (χ3v) is 4.35. The van der Waals surface area contributed by atoms with Gasteiger partial charge in [-0.3, -0.25) is 5.41 Å². The lowest BCUT2D eigenvalue weighted by atomic mass is 10.2. The molecule has 1 fully saturated rings. The predicted octanol–water partition coefficient (Wildman–Crippen LogP) is 3.21. The standard InChI is InChI=1S/C20H24N3O3/c1-2-25-19-12-15(26-18-5-3-4-17(18)24)10-11-16(19)23-14-8-6-13(7-9-14)20(21)22/h6-10,12,17-18,23-24H,2-5H2,1H3,(H3,21,22). The van der Waals surface area contributed by atoms with Crippen molar-refractivity contribution in [3.8, 4) is 11.5 Å². The third kappa shape index (κ3) is 4.26. The third-order valence-electron chi connectivity index (χ3n) is 4.35. The van der Waals surface area contributed by atoms with Gasteiger partial charge < -0.3 is 25.6 Å². The fraction of sp³-hybridized carbons (Fsp3) is 0.350. The Labute approximate surface area is 153 Å². The predicted molar refractivity (Wildman–Crippen MR) is 101 cm³/mol. The molecule has 0 heterocycles. The number of hydrogen-bond acceptors (Lipinski definition) is 5. The van der Waals surface area contributed by atoms with Crippen LogP contribution >= 0.6 is 0 Å². The Hall–Kier alpha value is -2.73. The van der Waals surface area contributed by atoms with E-state index in [1.165, 1.54) is 0 Å². The second-order valence-corrected chi connectivity index (χ2v) is 6.28. The highest BCUT2D eigenvalue weighted by molar-refractivity contribution is 5.95. The number of ether oxygens (including phenoxy) is 2. The summed E-state index contributed by atoms with van der Waals surface area (Å²) in [4.78, 5) is 0. The molecule has 6 heteroatoms. The van der Waals surface area contributed by atoms with E-state index in [1.54, 1.807) is 18.2 Å². The number of aliphatic hydroxyl groups is 1. The number of nitrogens with two attached hydrogens (primary N) is 1. The Kier molecular flexibility index (Phi) is 5.63. The average Bonchev–Trinajstić information content (AvgIpc) is 3.03. The summed E-state index contributed by atoms with van der Waals surface area (Å²) in [6.07, 6.45) is 2.03. The van der Waals surface area contributed by atoms with E-state index < -0.39 is 6.10 Å². The van der Waals surface area contributed by atoms with Gasteiger partial charge in [-0.2, -0.15) is 0 Å². The molecule has 5 N–H and O–H groups in total. The van der Waals surface area contributed by atoms with Crippen molar-refractivity contribution in [2.75, 3.05) is 11.9 Å². The molecule has 1 saturated carbocycles. The van der Waals surface area contributed by atoms with Crippen LogP contribution in [0.1, 0.15) is 31.7 Å². The van der Waals surface area contributed by atoms with Crippen LogP contribution in [0.3, 0.4) is 0 Å². The van der Waals surface area contributed by atoms with Crippen LogP contribution in [0.25, 0.3) is 0 Å².